The third-order valence-electron chi connectivity index (χ3n) is 17.5. The van der Waals surface area contributed by atoms with Crippen molar-refractivity contribution in [3.05, 3.63) is 130 Å². The van der Waals surface area contributed by atoms with Gasteiger partial charge in [0.15, 0.2) is 23.0 Å². The summed E-state index contributed by atoms with van der Waals surface area (Å²) in [4.78, 5) is 32.5. The van der Waals surface area contributed by atoms with Crippen LogP contribution in [0.2, 0.25) is 0 Å². The van der Waals surface area contributed by atoms with Crippen molar-refractivity contribution in [1.82, 2.24) is 30.2 Å². The van der Waals surface area contributed by atoms with Gasteiger partial charge in [-0.2, -0.15) is 5.10 Å². The summed E-state index contributed by atoms with van der Waals surface area (Å²) >= 11 is 0. The van der Waals surface area contributed by atoms with Crippen LogP contribution < -0.4 is 30.7 Å². The maximum Gasteiger partial charge on any atom is 0.325 e. The molecule has 6 N–H and O–H groups in total. The Kier molecular flexibility index (Phi) is 13.5. The monoisotopic (exact) mass is 1010 g/mol. The molecule has 74 heavy (non-hydrogen) atoms. The van der Waals surface area contributed by atoms with Crippen LogP contribution in [0.1, 0.15) is 103 Å². The lowest BCUT2D eigenvalue weighted by atomic mass is 9.59. The maximum absolute atomic E-state index is 16.6. The molecule has 5 heterocycles. The van der Waals surface area contributed by atoms with Gasteiger partial charge in [0.2, 0.25) is 5.91 Å². The van der Waals surface area contributed by atoms with Crippen molar-refractivity contribution in [2.45, 2.75) is 94.9 Å². The molecule has 0 radical (unpaired) electrons. The zero-order valence-electron chi connectivity index (χ0n) is 42.6. The number of likely N-dealkylation sites (tertiary alicyclic amines) is 2. The SMILES string of the molecule is Cc1c(F)cc2c(c1-c1c(C(N)=O)ccc(OCCO)c1F)C(C)C(CNCC1C=CC=C(N3CCC4(CC3)CC(N3CCC(c5ccc6c(N7CCC(O)NC7=O)nn(C)c6c5)CC3)C4)C1)(c1ccccc1)O2. The van der Waals surface area contributed by atoms with Gasteiger partial charge in [0.25, 0.3) is 0 Å². The molecular formula is C58H68F2N8O6. The molecular weight excluding hydrogens is 943 g/mol. The average molecular weight is 1010 g/mol. The van der Waals surface area contributed by atoms with Crippen molar-refractivity contribution in [1.29, 1.82) is 0 Å². The highest BCUT2D eigenvalue weighted by Gasteiger charge is 2.51. The standard InChI is InChI=1S/C58H68F2N8O6/c1-35-45(59)30-48-51(50(35)52-44(54(61)71)14-15-47(53(52)60)73-27-26-69)36(2)58(74-48,40-9-5-4-6-10-40)34-62-33-37-8-7-11-41(28-37)67-24-19-57(20-25-67)31-42(32-57)66-21-16-38(17-22-66)39-12-13-43-46(29-39)65(3)64-55(43)68-23-18-49(70)63-56(68)72/h4-15,29-30,36-38,42,49,62,69-70H,16-28,31-34H2,1-3H3,(H2,61,71)(H,63,72). The Balaban J connectivity index is 0.697. The minimum absolute atomic E-state index is 0.109. The van der Waals surface area contributed by atoms with Gasteiger partial charge in [-0.25, -0.2) is 13.6 Å². The Morgan fingerprint density at radius 2 is 1.77 bits per heavy atom. The van der Waals surface area contributed by atoms with Crippen LogP contribution in [0.4, 0.5) is 19.4 Å². The number of fused-ring (bicyclic) bond motifs is 2. The number of ether oxygens (including phenoxy) is 2. The summed E-state index contributed by atoms with van der Waals surface area (Å²) < 4.78 is 46.9. The molecule has 4 aromatic carbocycles. The van der Waals surface area contributed by atoms with E-state index in [0.717, 1.165) is 61.9 Å². The molecule has 4 aliphatic heterocycles. The predicted molar refractivity (Wildman–Crippen MR) is 280 cm³/mol. The second kappa shape index (κ2) is 20.1. The van der Waals surface area contributed by atoms with Gasteiger partial charge >= 0.3 is 6.03 Å². The number of amides is 3. The van der Waals surface area contributed by atoms with Crippen molar-refractivity contribution in [3.63, 3.8) is 0 Å². The number of aliphatic hydroxyl groups is 2. The number of piperidine rings is 2. The molecule has 3 amide bonds. The first-order valence-corrected chi connectivity index (χ1v) is 26.5. The van der Waals surface area contributed by atoms with Crippen molar-refractivity contribution < 1.29 is 38.1 Å². The molecule has 5 aromatic rings. The number of carbonyl (C=O) groups is 2. The molecule has 0 bridgehead atoms. The zero-order chi connectivity index (χ0) is 51.5. The number of nitrogens with zero attached hydrogens (tertiary/aromatic N) is 5. The number of nitrogens with one attached hydrogen (secondary N) is 2. The van der Waals surface area contributed by atoms with Gasteiger partial charge in [-0.3, -0.25) is 14.4 Å². The van der Waals surface area contributed by atoms with E-state index < -0.39 is 35.3 Å². The van der Waals surface area contributed by atoms with E-state index in [0.29, 0.717) is 54.8 Å². The Hall–Kier alpha value is -6.33. The third kappa shape index (κ3) is 9.00. The fraction of sp³-hybridized carbons (Fsp3) is 0.466. The highest BCUT2D eigenvalue weighted by atomic mass is 19.1. The minimum Gasteiger partial charge on any atom is -0.488 e. The number of nitrogens with two attached hydrogens (primary N) is 1. The molecule has 6 aliphatic rings. The molecule has 11 rings (SSSR count). The number of hydrogen-bond donors (Lipinski definition) is 5. The second-order valence-corrected chi connectivity index (χ2v) is 21.7. The highest BCUT2D eigenvalue weighted by molar-refractivity contribution is 6.02. The second-order valence-electron chi connectivity index (χ2n) is 21.7. The van der Waals surface area contributed by atoms with E-state index in [2.05, 4.69) is 56.9 Å². The minimum atomic E-state index is -1.01. The van der Waals surface area contributed by atoms with Gasteiger partial charge in [-0.1, -0.05) is 55.5 Å². The third-order valence-corrected chi connectivity index (χ3v) is 17.5. The molecule has 3 saturated heterocycles. The topological polar surface area (TPSA) is 171 Å². The van der Waals surface area contributed by atoms with Gasteiger partial charge in [0.1, 0.15) is 24.4 Å². The lowest BCUT2D eigenvalue weighted by Gasteiger charge is -2.56. The molecule has 390 valence electrons. The maximum atomic E-state index is 16.6. The normalized spacial score (nSPS) is 24.2. The summed E-state index contributed by atoms with van der Waals surface area (Å²) in [5.41, 5.74) is 10.5. The van der Waals surface area contributed by atoms with E-state index in [9.17, 15) is 19.8 Å². The van der Waals surface area contributed by atoms with Crippen LogP contribution in [-0.2, 0) is 12.6 Å². The fourth-order valence-electron chi connectivity index (χ4n) is 13.3. The van der Waals surface area contributed by atoms with Crippen LogP contribution in [0, 0.1) is 29.9 Å². The summed E-state index contributed by atoms with van der Waals surface area (Å²) in [5, 5.41) is 31.3. The van der Waals surface area contributed by atoms with E-state index in [1.54, 1.807) is 11.8 Å². The van der Waals surface area contributed by atoms with Crippen LogP contribution in [0.5, 0.6) is 11.5 Å². The van der Waals surface area contributed by atoms with E-state index in [1.165, 1.54) is 55.1 Å². The van der Waals surface area contributed by atoms with Gasteiger partial charge < -0.3 is 45.9 Å². The Morgan fingerprint density at radius 3 is 2.50 bits per heavy atom. The number of anilines is 1. The number of carbonyl (C=O) groups excluding carboxylic acids is 2. The number of aromatic nitrogens is 2. The molecule has 2 aliphatic carbocycles. The van der Waals surface area contributed by atoms with Gasteiger partial charge in [0, 0.05) is 86.4 Å². The van der Waals surface area contributed by atoms with Gasteiger partial charge in [-0.05, 0) is 135 Å². The van der Waals surface area contributed by atoms with Gasteiger partial charge in [0.05, 0.1) is 17.7 Å². The smallest absolute Gasteiger partial charge is 0.325 e. The van der Waals surface area contributed by atoms with Gasteiger partial charge in [-0.15, -0.1) is 0 Å². The predicted octanol–water partition coefficient (Wildman–Crippen LogP) is 8.10. The molecule has 1 spiro atoms. The number of urea groups is 1. The largest absolute Gasteiger partial charge is 0.488 e. The first-order valence-electron chi connectivity index (χ1n) is 26.5. The number of benzene rings is 4. The molecule has 4 unspecified atom stereocenters. The van der Waals surface area contributed by atoms with Crippen LogP contribution >= 0.6 is 0 Å². The number of aryl methyl sites for hydroxylation is 1. The number of halogens is 2. The summed E-state index contributed by atoms with van der Waals surface area (Å²) in [6, 6.07) is 20.8. The number of allylic oxidation sites excluding steroid dienone is 3. The van der Waals surface area contributed by atoms with Crippen molar-refractivity contribution in [2.24, 2.45) is 24.1 Å². The Morgan fingerprint density at radius 1 is 1.00 bits per heavy atom. The van der Waals surface area contributed by atoms with Crippen LogP contribution in [-0.4, -0.2) is 113 Å². The van der Waals surface area contributed by atoms with E-state index in [1.807, 2.05) is 49.0 Å². The molecule has 1 saturated carbocycles. The summed E-state index contributed by atoms with van der Waals surface area (Å²) in [6.45, 7) is 8.88. The molecule has 4 fully saturated rings. The molecule has 4 atom stereocenters. The summed E-state index contributed by atoms with van der Waals surface area (Å²) in [7, 11) is 1.93. The van der Waals surface area contributed by atoms with Crippen molar-refractivity contribution in [3.8, 4) is 22.6 Å². The number of rotatable bonds is 14. The average Bonchev–Trinajstić information content (AvgIpc) is 3.87. The zero-order valence-corrected chi connectivity index (χ0v) is 42.6. The summed E-state index contributed by atoms with van der Waals surface area (Å²) in [5.74, 6) is -1.31. The molecule has 16 heteroatoms. The number of aliphatic hydroxyl groups excluding tert-OH is 2. The van der Waals surface area contributed by atoms with Crippen LogP contribution in [0.3, 0.4) is 0 Å². The Bertz CT molecular complexity index is 3010. The van der Waals surface area contributed by atoms with E-state index in [4.69, 9.17) is 20.3 Å². The Labute approximate surface area is 431 Å². The first-order chi connectivity index (χ1) is 35.8. The lowest BCUT2D eigenvalue weighted by Crippen LogP contribution is -2.56. The lowest BCUT2D eigenvalue weighted by molar-refractivity contribution is -0.0451. The summed E-state index contributed by atoms with van der Waals surface area (Å²) in [6.07, 6.45) is 14.5. The quantitative estimate of drug-likeness (QED) is 0.0733. The highest BCUT2D eigenvalue weighted by Crippen LogP contribution is 2.56. The number of hydrogen-bond acceptors (Lipinski definition) is 10. The fourth-order valence-corrected chi connectivity index (χ4v) is 13.3. The number of primary amides is 1. The van der Waals surface area contributed by atoms with E-state index in [-0.39, 0.29) is 58.9 Å². The van der Waals surface area contributed by atoms with Crippen LogP contribution in [0.15, 0.2) is 90.7 Å². The molecule has 14 nitrogen and oxygen atoms in total. The first kappa shape index (κ1) is 49.9. The van der Waals surface area contributed by atoms with E-state index >= 15 is 8.78 Å². The molecule has 1 aromatic heterocycles. The van der Waals surface area contributed by atoms with Crippen molar-refractivity contribution >= 4 is 28.7 Å². The van der Waals surface area contributed by atoms with Crippen LogP contribution in [0.25, 0.3) is 22.0 Å². The van der Waals surface area contributed by atoms with Crippen molar-refractivity contribution in [2.75, 3.05) is 63.9 Å².